The van der Waals surface area contributed by atoms with E-state index in [0.717, 1.165) is 10.5 Å². The molecule has 1 amide bonds. The molecule has 0 fully saturated rings. The predicted molar refractivity (Wildman–Crippen MR) is 103 cm³/mol. The maximum atomic E-state index is 12.5. The Bertz CT molecular complexity index is 715. The van der Waals surface area contributed by atoms with Crippen LogP contribution in [0.4, 0.5) is 0 Å². The number of carbonyl (C=O) groups excluding carboxylic acids is 1. The van der Waals surface area contributed by atoms with Crippen LogP contribution in [0.15, 0.2) is 47.4 Å². The number of ether oxygens (including phenoxy) is 2. The van der Waals surface area contributed by atoms with Crippen LogP contribution in [0.3, 0.4) is 0 Å². The smallest absolute Gasteiger partial charge is 0.233 e. The molecule has 0 saturated carbocycles. The molecular weight excluding hydrogens is 334 g/mol. The summed E-state index contributed by atoms with van der Waals surface area (Å²) in [7, 11) is 3.21. The molecule has 0 spiro atoms. The third-order valence-electron chi connectivity index (χ3n) is 3.97. The van der Waals surface area contributed by atoms with Crippen LogP contribution in [0.25, 0.3) is 0 Å². The molecule has 0 radical (unpaired) electrons. The maximum Gasteiger partial charge on any atom is 0.233 e. The van der Waals surface area contributed by atoms with Crippen molar-refractivity contribution in [3.05, 3.63) is 53.6 Å². The molecule has 2 aromatic rings. The Hall–Kier alpha value is -2.14. The third-order valence-corrected chi connectivity index (χ3v) is 5.08. The highest BCUT2D eigenvalue weighted by atomic mass is 32.2. The molecule has 5 heteroatoms. The largest absolute Gasteiger partial charge is 0.493 e. The van der Waals surface area contributed by atoms with Crippen LogP contribution in [0.2, 0.25) is 0 Å². The molecule has 0 saturated heterocycles. The first kappa shape index (κ1) is 19.2. The van der Waals surface area contributed by atoms with Gasteiger partial charge < -0.3 is 14.8 Å². The lowest BCUT2D eigenvalue weighted by atomic mass is 10.1. The Balaban J connectivity index is 2.00. The average molecular weight is 359 g/mol. The van der Waals surface area contributed by atoms with Crippen molar-refractivity contribution < 1.29 is 14.3 Å². The highest BCUT2D eigenvalue weighted by Crippen LogP contribution is 2.30. The number of thioether (sulfide) groups is 1. The minimum atomic E-state index is -0.176. The van der Waals surface area contributed by atoms with Crippen molar-refractivity contribution in [2.75, 3.05) is 14.2 Å². The van der Waals surface area contributed by atoms with Crippen molar-refractivity contribution in [3.63, 3.8) is 0 Å². The van der Waals surface area contributed by atoms with Gasteiger partial charge in [0.2, 0.25) is 5.91 Å². The maximum absolute atomic E-state index is 12.5. The van der Waals surface area contributed by atoms with Gasteiger partial charge in [0.15, 0.2) is 11.5 Å². The molecule has 0 aliphatic carbocycles. The quantitative estimate of drug-likeness (QED) is 0.746. The Kier molecular flexibility index (Phi) is 6.76. The fourth-order valence-corrected chi connectivity index (χ4v) is 3.29. The third kappa shape index (κ3) is 5.16. The topological polar surface area (TPSA) is 47.6 Å². The van der Waals surface area contributed by atoms with E-state index < -0.39 is 0 Å². The van der Waals surface area contributed by atoms with E-state index in [9.17, 15) is 4.79 Å². The normalized spacial score (nSPS) is 13.0. The predicted octanol–water partition coefficient (Wildman–Crippen LogP) is 4.37. The van der Waals surface area contributed by atoms with Crippen molar-refractivity contribution in [2.45, 2.75) is 37.0 Å². The van der Waals surface area contributed by atoms with Gasteiger partial charge in [-0.25, -0.2) is 0 Å². The lowest BCUT2D eigenvalue weighted by Crippen LogP contribution is -2.33. The van der Waals surface area contributed by atoms with Crippen LogP contribution >= 0.6 is 11.8 Å². The zero-order chi connectivity index (χ0) is 18.4. The molecule has 2 aromatic carbocycles. The summed E-state index contributed by atoms with van der Waals surface area (Å²) in [5, 5.41) is 2.88. The number of aryl methyl sites for hydroxylation is 1. The SMILES string of the molecule is COc1ccc([C@H](C)NC(=O)[C@@H](C)Sc2ccc(C)cc2)cc1OC. The summed E-state index contributed by atoms with van der Waals surface area (Å²) in [5.74, 6) is 1.34. The lowest BCUT2D eigenvalue weighted by molar-refractivity contribution is -0.120. The Morgan fingerprint density at radius 2 is 1.64 bits per heavy atom. The zero-order valence-electron chi connectivity index (χ0n) is 15.3. The lowest BCUT2D eigenvalue weighted by Gasteiger charge is -2.19. The molecule has 0 unspecified atom stereocenters. The van der Waals surface area contributed by atoms with Gasteiger partial charge in [0.1, 0.15) is 0 Å². The van der Waals surface area contributed by atoms with E-state index in [0.29, 0.717) is 11.5 Å². The molecular formula is C20H25NO3S. The van der Waals surface area contributed by atoms with Gasteiger partial charge in [0.05, 0.1) is 25.5 Å². The fraction of sp³-hybridized carbons (Fsp3) is 0.350. The summed E-state index contributed by atoms with van der Waals surface area (Å²) >= 11 is 1.55. The number of methoxy groups -OCH3 is 2. The van der Waals surface area contributed by atoms with E-state index in [1.807, 2.05) is 44.2 Å². The van der Waals surface area contributed by atoms with E-state index in [1.54, 1.807) is 26.0 Å². The standard InChI is InChI=1S/C20H25NO3S/c1-13-6-9-17(10-7-13)25-15(3)20(22)21-14(2)16-8-11-18(23-4)19(12-16)24-5/h6-12,14-15H,1-5H3,(H,21,22)/t14-,15+/m0/s1. The van der Waals surface area contributed by atoms with Gasteiger partial charge in [-0.15, -0.1) is 11.8 Å². The van der Waals surface area contributed by atoms with Gasteiger partial charge in [-0.2, -0.15) is 0 Å². The van der Waals surface area contributed by atoms with Gasteiger partial charge >= 0.3 is 0 Å². The molecule has 0 aromatic heterocycles. The number of hydrogen-bond donors (Lipinski definition) is 1. The fourth-order valence-electron chi connectivity index (χ4n) is 2.41. The monoisotopic (exact) mass is 359 g/mol. The van der Waals surface area contributed by atoms with E-state index in [4.69, 9.17) is 9.47 Å². The van der Waals surface area contributed by atoms with E-state index in [2.05, 4.69) is 24.4 Å². The van der Waals surface area contributed by atoms with Crippen LogP contribution in [0.5, 0.6) is 11.5 Å². The van der Waals surface area contributed by atoms with Gasteiger partial charge in [0.25, 0.3) is 0 Å². The number of benzene rings is 2. The van der Waals surface area contributed by atoms with Crippen LogP contribution in [-0.2, 0) is 4.79 Å². The van der Waals surface area contributed by atoms with E-state index in [-0.39, 0.29) is 17.2 Å². The van der Waals surface area contributed by atoms with E-state index in [1.165, 1.54) is 5.56 Å². The molecule has 25 heavy (non-hydrogen) atoms. The summed E-state index contributed by atoms with van der Waals surface area (Å²) in [6.45, 7) is 5.93. The summed E-state index contributed by atoms with van der Waals surface area (Å²) in [4.78, 5) is 13.6. The Morgan fingerprint density at radius 1 is 1.00 bits per heavy atom. The number of amides is 1. The first-order chi connectivity index (χ1) is 11.9. The van der Waals surface area contributed by atoms with Crippen LogP contribution in [-0.4, -0.2) is 25.4 Å². The number of rotatable bonds is 7. The molecule has 0 aliphatic rings. The summed E-state index contributed by atoms with van der Waals surface area (Å²) in [6.07, 6.45) is 0. The highest BCUT2D eigenvalue weighted by Gasteiger charge is 2.18. The zero-order valence-corrected chi connectivity index (χ0v) is 16.1. The summed E-state index contributed by atoms with van der Waals surface area (Å²) in [6, 6.07) is 13.8. The van der Waals surface area contributed by atoms with Crippen molar-refractivity contribution in [1.82, 2.24) is 5.32 Å². The summed E-state index contributed by atoms with van der Waals surface area (Å²) in [5.41, 5.74) is 2.18. The molecule has 134 valence electrons. The van der Waals surface area contributed by atoms with Crippen LogP contribution in [0.1, 0.15) is 31.0 Å². The number of carbonyl (C=O) groups is 1. The van der Waals surface area contributed by atoms with Crippen molar-refractivity contribution >= 4 is 17.7 Å². The molecule has 0 heterocycles. The molecule has 2 atom stereocenters. The summed E-state index contributed by atoms with van der Waals surface area (Å²) < 4.78 is 10.6. The first-order valence-corrected chi connectivity index (χ1v) is 9.08. The second kappa shape index (κ2) is 8.81. The van der Waals surface area contributed by atoms with Crippen molar-refractivity contribution in [1.29, 1.82) is 0 Å². The Morgan fingerprint density at radius 3 is 2.24 bits per heavy atom. The Labute approximate surface area is 153 Å². The minimum absolute atomic E-state index is 0.00728. The molecule has 0 bridgehead atoms. The minimum Gasteiger partial charge on any atom is -0.493 e. The van der Waals surface area contributed by atoms with Crippen LogP contribution in [0, 0.1) is 6.92 Å². The second-order valence-electron chi connectivity index (χ2n) is 5.92. The second-order valence-corrected chi connectivity index (χ2v) is 7.33. The molecule has 0 aliphatic heterocycles. The first-order valence-electron chi connectivity index (χ1n) is 8.20. The molecule has 1 N–H and O–H groups in total. The highest BCUT2D eigenvalue weighted by molar-refractivity contribution is 8.00. The van der Waals surface area contributed by atoms with Gasteiger partial charge in [-0.05, 0) is 50.6 Å². The van der Waals surface area contributed by atoms with Gasteiger partial charge in [0, 0.05) is 4.90 Å². The van der Waals surface area contributed by atoms with Crippen molar-refractivity contribution in [2.24, 2.45) is 0 Å². The van der Waals surface area contributed by atoms with Gasteiger partial charge in [-0.1, -0.05) is 23.8 Å². The average Bonchev–Trinajstić information content (AvgIpc) is 2.62. The number of nitrogens with one attached hydrogen (secondary N) is 1. The molecule has 4 nitrogen and oxygen atoms in total. The van der Waals surface area contributed by atoms with Crippen LogP contribution < -0.4 is 14.8 Å². The number of hydrogen-bond acceptors (Lipinski definition) is 4. The van der Waals surface area contributed by atoms with E-state index >= 15 is 0 Å². The van der Waals surface area contributed by atoms with Crippen molar-refractivity contribution in [3.8, 4) is 11.5 Å². The molecule has 2 rings (SSSR count). The van der Waals surface area contributed by atoms with Gasteiger partial charge in [-0.3, -0.25) is 4.79 Å².